The van der Waals surface area contributed by atoms with E-state index < -0.39 is 5.54 Å². The number of nitrogens with zero attached hydrogens (tertiary/aromatic N) is 4. The molecule has 7 heteroatoms. The molecule has 1 aliphatic rings. The van der Waals surface area contributed by atoms with E-state index in [0.29, 0.717) is 26.2 Å². The maximum Gasteiger partial charge on any atom is 0.327 e. The van der Waals surface area contributed by atoms with Crippen LogP contribution in [-0.2, 0) is 9.53 Å². The van der Waals surface area contributed by atoms with Crippen LogP contribution in [0.25, 0.3) is 10.4 Å². The first-order valence-corrected chi connectivity index (χ1v) is 6.76. The minimum absolute atomic E-state index is 0.176. The van der Waals surface area contributed by atoms with Crippen LogP contribution in [0.5, 0.6) is 0 Å². The molecule has 0 amide bonds. The number of rotatable bonds is 7. The Bertz CT molecular complexity index is 343. The minimum atomic E-state index is -0.612. The molecule has 1 unspecified atom stereocenters. The number of nitrogens with one attached hydrogen (secondary N) is 1. The Balaban J connectivity index is 2.58. The zero-order chi connectivity index (χ0) is 14.1. The summed E-state index contributed by atoms with van der Waals surface area (Å²) in [7, 11) is 2.01. The first-order chi connectivity index (χ1) is 9.14. The molecular formula is C12H23N5O2. The van der Waals surface area contributed by atoms with Crippen LogP contribution in [0.3, 0.4) is 0 Å². The highest BCUT2D eigenvalue weighted by atomic mass is 16.5. The largest absolute Gasteiger partial charge is 0.465 e. The van der Waals surface area contributed by atoms with E-state index in [1.54, 1.807) is 0 Å². The van der Waals surface area contributed by atoms with Crippen molar-refractivity contribution in [1.29, 1.82) is 0 Å². The van der Waals surface area contributed by atoms with Crippen molar-refractivity contribution >= 4 is 5.97 Å². The average molecular weight is 269 g/mol. The second-order valence-electron chi connectivity index (χ2n) is 4.88. The Kier molecular flexibility index (Phi) is 6.62. The molecule has 108 valence electrons. The number of hydrogen-bond acceptors (Lipinski definition) is 5. The number of carbonyl (C=O) groups is 1. The SMILES string of the molecule is CCOC(=O)C1(NCCCN=[N+]=[N-])CCCN(C)C1. The van der Waals surface area contributed by atoms with Crippen LogP contribution >= 0.6 is 0 Å². The van der Waals surface area contributed by atoms with Gasteiger partial charge in [0, 0.05) is 18.0 Å². The molecule has 1 saturated heterocycles. The molecule has 1 rings (SSSR count). The average Bonchev–Trinajstić information content (AvgIpc) is 2.39. The van der Waals surface area contributed by atoms with Crippen LogP contribution in [0, 0.1) is 0 Å². The van der Waals surface area contributed by atoms with Crippen molar-refractivity contribution in [2.45, 2.75) is 31.7 Å². The third-order valence-electron chi connectivity index (χ3n) is 3.31. The summed E-state index contributed by atoms with van der Waals surface area (Å²) in [4.78, 5) is 17.0. The van der Waals surface area contributed by atoms with Gasteiger partial charge in [0.2, 0.25) is 0 Å². The van der Waals surface area contributed by atoms with Crippen molar-refractivity contribution in [3.63, 3.8) is 0 Å². The summed E-state index contributed by atoms with van der Waals surface area (Å²) in [6, 6.07) is 0. The van der Waals surface area contributed by atoms with E-state index in [1.807, 2.05) is 14.0 Å². The molecule has 1 N–H and O–H groups in total. The lowest BCUT2D eigenvalue weighted by Crippen LogP contribution is -2.62. The summed E-state index contributed by atoms with van der Waals surface area (Å²) in [5.74, 6) is -0.176. The van der Waals surface area contributed by atoms with Crippen LogP contribution in [0.2, 0.25) is 0 Å². The molecule has 0 aromatic carbocycles. The molecule has 7 nitrogen and oxygen atoms in total. The molecule has 0 spiro atoms. The van der Waals surface area contributed by atoms with E-state index in [-0.39, 0.29) is 5.97 Å². The predicted octanol–water partition coefficient (Wildman–Crippen LogP) is 1.30. The number of azide groups is 1. The van der Waals surface area contributed by atoms with Gasteiger partial charge in [0.15, 0.2) is 0 Å². The number of ether oxygens (including phenoxy) is 1. The lowest BCUT2D eigenvalue weighted by molar-refractivity contribution is -0.153. The van der Waals surface area contributed by atoms with Crippen LogP contribution in [0.4, 0.5) is 0 Å². The lowest BCUT2D eigenvalue weighted by atomic mass is 9.89. The monoisotopic (exact) mass is 269 g/mol. The van der Waals surface area contributed by atoms with Gasteiger partial charge in [-0.25, -0.2) is 4.79 Å². The van der Waals surface area contributed by atoms with Crippen molar-refractivity contribution < 1.29 is 9.53 Å². The molecule has 1 fully saturated rings. The molecule has 0 aromatic heterocycles. The number of likely N-dealkylation sites (tertiary alicyclic amines) is 1. The van der Waals surface area contributed by atoms with E-state index >= 15 is 0 Å². The molecule has 0 saturated carbocycles. The van der Waals surface area contributed by atoms with Crippen molar-refractivity contribution in [1.82, 2.24) is 10.2 Å². The van der Waals surface area contributed by atoms with E-state index in [2.05, 4.69) is 20.2 Å². The Labute approximate surface area is 113 Å². The number of likely N-dealkylation sites (N-methyl/N-ethyl adjacent to an activating group) is 1. The fourth-order valence-electron chi connectivity index (χ4n) is 2.44. The second-order valence-corrected chi connectivity index (χ2v) is 4.88. The van der Waals surface area contributed by atoms with Gasteiger partial charge in [0.25, 0.3) is 0 Å². The van der Waals surface area contributed by atoms with Crippen molar-refractivity contribution in [3.05, 3.63) is 10.4 Å². The minimum Gasteiger partial charge on any atom is -0.465 e. The van der Waals surface area contributed by atoms with Gasteiger partial charge in [-0.3, -0.25) is 0 Å². The quantitative estimate of drug-likeness (QED) is 0.248. The predicted molar refractivity (Wildman–Crippen MR) is 72.7 cm³/mol. The first kappa shape index (κ1) is 15.8. The standard InChI is InChI=1S/C12H23N5O2/c1-3-19-11(18)12(6-4-9-17(2)10-12)14-7-5-8-15-16-13/h14H,3-10H2,1-2H3. The Hall–Kier alpha value is -1.30. The fourth-order valence-corrected chi connectivity index (χ4v) is 2.44. The maximum absolute atomic E-state index is 12.2. The molecule has 1 atom stereocenters. The Morgan fingerprint density at radius 3 is 3.05 bits per heavy atom. The summed E-state index contributed by atoms with van der Waals surface area (Å²) >= 11 is 0. The molecule has 1 heterocycles. The highest BCUT2D eigenvalue weighted by molar-refractivity contribution is 5.81. The van der Waals surface area contributed by atoms with E-state index in [9.17, 15) is 4.79 Å². The number of carbonyl (C=O) groups excluding carboxylic acids is 1. The lowest BCUT2D eigenvalue weighted by Gasteiger charge is -2.40. The summed E-state index contributed by atoms with van der Waals surface area (Å²) in [6.45, 7) is 4.96. The molecule has 1 aliphatic heterocycles. The smallest absolute Gasteiger partial charge is 0.327 e. The summed E-state index contributed by atoms with van der Waals surface area (Å²) in [6.07, 6.45) is 2.48. The van der Waals surface area contributed by atoms with E-state index in [1.165, 1.54) is 0 Å². The Morgan fingerprint density at radius 2 is 2.42 bits per heavy atom. The van der Waals surface area contributed by atoms with Gasteiger partial charge >= 0.3 is 5.97 Å². The van der Waals surface area contributed by atoms with Crippen LogP contribution in [-0.4, -0.2) is 56.2 Å². The number of piperidine rings is 1. The van der Waals surface area contributed by atoms with E-state index in [0.717, 1.165) is 25.8 Å². The van der Waals surface area contributed by atoms with Gasteiger partial charge in [-0.15, -0.1) is 0 Å². The van der Waals surface area contributed by atoms with Crippen LogP contribution < -0.4 is 5.32 Å². The summed E-state index contributed by atoms with van der Waals surface area (Å²) < 4.78 is 5.20. The first-order valence-electron chi connectivity index (χ1n) is 6.76. The summed E-state index contributed by atoms with van der Waals surface area (Å²) in [5, 5.41) is 6.80. The third-order valence-corrected chi connectivity index (χ3v) is 3.31. The van der Waals surface area contributed by atoms with Crippen molar-refractivity contribution in [2.75, 3.05) is 39.8 Å². The second kappa shape index (κ2) is 7.99. The normalized spacial score (nSPS) is 23.7. The fraction of sp³-hybridized carbons (Fsp3) is 0.917. The third kappa shape index (κ3) is 4.70. The van der Waals surface area contributed by atoms with Gasteiger partial charge in [0.05, 0.1) is 6.61 Å². The molecule has 0 bridgehead atoms. The number of hydrogen-bond donors (Lipinski definition) is 1. The molecule has 0 aromatic rings. The molecule has 0 aliphatic carbocycles. The highest BCUT2D eigenvalue weighted by Gasteiger charge is 2.42. The molecule has 19 heavy (non-hydrogen) atoms. The van der Waals surface area contributed by atoms with Crippen molar-refractivity contribution in [3.8, 4) is 0 Å². The van der Waals surface area contributed by atoms with Gasteiger partial charge in [-0.1, -0.05) is 5.11 Å². The zero-order valence-electron chi connectivity index (χ0n) is 11.8. The van der Waals surface area contributed by atoms with E-state index in [4.69, 9.17) is 10.3 Å². The molecular weight excluding hydrogens is 246 g/mol. The summed E-state index contributed by atoms with van der Waals surface area (Å²) in [5.41, 5.74) is 7.60. The topological polar surface area (TPSA) is 90.3 Å². The molecule has 0 radical (unpaired) electrons. The number of esters is 1. The van der Waals surface area contributed by atoms with Crippen LogP contribution in [0.15, 0.2) is 5.11 Å². The maximum atomic E-state index is 12.2. The Morgan fingerprint density at radius 1 is 1.63 bits per heavy atom. The zero-order valence-corrected chi connectivity index (χ0v) is 11.8. The van der Waals surface area contributed by atoms with Gasteiger partial charge in [-0.05, 0) is 51.9 Å². The van der Waals surface area contributed by atoms with Crippen molar-refractivity contribution in [2.24, 2.45) is 5.11 Å². The van der Waals surface area contributed by atoms with Gasteiger partial charge in [0.1, 0.15) is 5.54 Å². The van der Waals surface area contributed by atoms with Crippen LogP contribution in [0.1, 0.15) is 26.2 Å². The highest BCUT2D eigenvalue weighted by Crippen LogP contribution is 2.22. The van der Waals surface area contributed by atoms with Gasteiger partial charge in [-0.2, -0.15) is 0 Å². The van der Waals surface area contributed by atoms with Gasteiger partial charge < -0.3 is 15.0 Å².